The second-order valence-corrected chi connectivity index (χ2v) is 4.47. The van der Waals surface area contributed by atoms with Crippen molar-refractivity contribution in [2.75, 3.05) is 14.2 Å². The van der Waals surface area contributed by atoms with E-state index in [0.29, 0.717) is 0 Å². The number of nitrogens with zero attached hydrogens (tertiary/aromatic N) is 2. The van der Waals surface area contributed by atoms with E-state index >= 15 is 0 Å². The minimum absolute atomic E-state index is 0.748. The predicted octanol–water partition coefficient (Wildman–Crippen LogP) is 3.26. The molecule has 0 fully saturated rings. The number of thioether (sulfide) groups is 1. The molecule has 4 nitrogen and oxygen atoms in total. The first-order valence-corrected chi connectivity index (χ1v) is 6.53. The van der Waals surface area contributed by atoms with Gasteiger partial charge in [0.25, 0.3) is 0 Å². The van der Waals surface area contributed by atoms with Gasteiger partial charge in [0.1, 0.15) is 22.2 Å². The van der Waals surface area contributed by atoms with Crippen molar-refractivity contribution in [1.82, 2.24) is 9.97 Å². The molecule has 0 unspecified atom stereocenters. The molecule has 0 bridgehead atoms. The van der Waals surface area contributed by atoms with Gasteiger partial charge >= 0.3 is 0 Å². The molecule has 98 valence electrons. The average molecular weight is 274 g/mol. The largest absolute Gasteiger partial charge is 0.497 e. The Morgan fingerprint density at radius 2 is 2.00 bits per heavy atom. The van der Waals surface area contributed by atoms with Gasteiger partial charge in [-0.3, -0.25) is 4.98 Å². The van der Waals surface area contributed by atoms with Crippen LogP contribution in [0.5, 0.6) is 11.5 Å². The lowest BCUT2D eigenvalue weighted by Gasteiger charge is -2.02. The Hall–Kier alpha value is -2.01. The van der Waals surface area contributed by atoms with E-state index in [9.17, 15) is 0 Å². The first-order valence-electron chi connectivity index (χ1n) is 5.65. The molecule has 0 aromatic carbocycles. The molecule has 2 heterocycles. The van der Waals surface area contributed by atoms with E-state index in [1.807, 2.05) is 35.7 Å². The molecule has 19 heavy (non-hydrogen) atoms. The zero-order valence-corrected chi connectivity index (χ0v) is 11.6. The van der Waals surface area contributed by atoms with Gasteiger partial charge in [0.15, 0.2) is 0 Å². The first kappa shape index (κ1) is 13.4. The van der Waals surface area contributed by atoms with E-state index < -0.39 is 0 Å². The third-order valence-corrected chi connectivity index (χ3v) is 3.11. The molecule has 0 aliphatic rings. The lowest BCUT2D eigenvalue weighted by molar-refractivity contribution is 0.412. The highest BCUT2D eigenvalue weighted by Gasteiger charge is 1.99. The van der Waals surface area contributed by atoms with Gasteiger partial charge in [0, 0.05) is 18.5 Å². The summed E-state index contributed by atoms with van der Waals surface area (Å²) in [6.07, 6.45) is 5.34. The number of rotatable bonds is 5. The molecule has 0 N–H and O–H groups in total. The fourth-order valence-corrected chi connectivity index (χ4v) is 2.09. The van der Waals surface area contributed by atoms with Crippen LogP contribution in [0, 0.1) is 0 Å². The Morgan fingerprint density at radius 3 is 2.79 bits per heavy atom. The van der Waals surface area contributed by atoms with E-state index in [1.165, 1.54) is 11.8 Å². The Morgan fingerprint density at radius 1 is 1.11 bits per heavy atom. The Labute approximate surface area is 116 Å². The summed E-state index contributed by atoms with van der Waals surface area (Å²) >= 11 is 1.50. The molecule has 0 saturated carbocycles. The standard InChI is InChI=1S/C14H14N2O2S/c1-17-11-5-8-16-14(10-11)19-9-6-12-13(18-2)4-3-7-15-12/h3-10H,1-2H3/b9-6+. The molecule has 2 aromatic heterocycles. The zero-order chi connectivity index (χ0) is 13.5. The number of ether oxygens (including phenoxy) is 2. The van der Waals surface area contributed by atoms with Crippen molar-refractivity contribution < 1.29 is 9.47 Å². The summed E-state index contributed by atoms with van der Waals surface area (Å²) in [7, 11) is 3.27. The maximum atomic E-state index is 5.23. The van der Waals surface area contributed by atoms with Crippen LogP contribution < -0.4 is 9.47 Å². The van der Waals surface area contributed by atoms with Crippen molar-refractivity contribution in [2.24, 2.45) is 0 Å². The topological polar surface area (TPSA) is 44.2 Å². The number of hydrogen-bond donors (Lipinski definition) is 0. The van der Waals surface area contributed by atoms with Gasteiger partial charge in [0.2, 0.25) is 0 Å². The van der Waals surface area contributed by atoms with Crippen LogP contribution in [-0.2, 0) is 0 Å². The molecule has 2 rings (SSSR count). The zero-order valence-electron chi connectivity index (χ0n) is 10.7. The van der Waals surface area contributed by atoms with Gasteiger partial charge in [-0.05, 0) is 29.7 Å². The number of aromatic nitrogens is 2. The van der Waals surface area contributed by atoms with Crippen LogP contribution in [0.15, 0.2) is 47.1 Å². The molecule has 0 aliphatic heterocycles. The smallest absolute Gasteiger partial charge is 0.144 e. The Bertz CT molecular complexity index is 573. The van der Waals surface area contributed by atoms with Crippen LogP contribution in [0.1, 0.15) is 5.69 Å². The molecule has 0 aliphatic carbocycles. The van der Waals surface area contributed by atoms with Crippen molar-refractivity contribution >= 4 is 17.8 Å². The van der Waals surface area contributed by atoms with Crippen LogP contribution in [0.3, 0.4) is 0 Å². The van der Waals surface area contributed by atoms with E-state index in [0.717, 1.165) is 22.2 Å². The van der Waals surface area contributed by atoms with Crippen LogP contribution in [-0.4, -0.2) is 24.2 Å². The van der Waals surface area contributed by atoms with Crippen molar-refractivity contribution in [3.05, 3.63) is 47.8 Å². The molecule has 0 amide bonds. The maximum absolute atomic E-state index is 5.23. The lowest BCUT2D eigenvalue weighted by Crippen LogP contribution is -1.88. The summed E-state index contributed by atoms with van der Waals surface area (Å²) in [5, 5.41) is 2.79. The average Bonchev–Trinajstić information content (AvgIpc) is 2.48. The SMILES string of the molecule is COc1ccnc(S/C=C/c2ncccc2OC)c1. The van der Waals surface area contributed by atoms with Crippen LogP contribution in [0.2, 0.25) is 0 Å². The van der Waals surface area contributed by atoms with E-state index in [4.69, 9.17) is 9.47 Å². The van der Waals surface area contributed by atoms with Gasteiger partial charge in [0.05, 0.1) is 14.2 Å². The second-order valence-electron chi connectivity index (χ2n) is 3.55. The van der Waals surface area contributed by atoms with Gasteiger partial charge in [-0.25, -0.2) is 4.98 Å². The van der Waals surface area contributed by atoms with Crippen LogP contribution in [0.25, 0.3) is 6.08 Å². The molecular formula is C14H14N2O2S. The normalized spacial score (nSPS) is 10.6. The molecule has 0 saturated heterocycles. The van der Waals surface area contributed by atoms with Crippen molar-refractivity contribution in [3.8, 4) is 11.5 Å². The van der Waals surface area contributed by atoms with Gasteiger partial charge in [-0.15, -0.1) is 0 Å². The second kappa shape index (κ2) is 6.80. The molecule has 0 atom stereocenters. The monoisotopic (exact) mass is 274 g/mol. The summed E-state index contributed by atoms with van der Waals surface area (Å²) in [6.45, 7) is 0. The predicted molar refractivity (Wildman–Crippen MR) is 76.5 cm³/mol. The maximum Gasteiger partial charge on any atom is 0.144 e. The summed E-state index contributed by atoms with van der Waals surface area (Å²) < 4.78 is 10.4. The number of pyridine rings is 2. The molecule has 5 heteroatoms. The Balaban J connectivity index is 2.07. The number of hydrogen-bond acceptors (Lipinski definition) is 5. The van der Waals surface area contributed by atoms with E-state index in [1.54, 1.807) is 26.6 Å². The highest BCUT2D eigenvalue weighted by atomic mass is 32.2. The summed E-state index contributed by atoms with van der Waals surface area (Å²) in [5.74, 6) is 1.54. The van der Waals surface area contributed by atoms with Crippen molar-refractivity contribution in [1.29, 1.82) is 0 Å². The van der Waals surface area contributed by atoms with Crippen LogP contribution in [0.4, 0.5) is 0 Å². The third-order valence-electron chi connectivity index (χ3n) is 2.38. The summed E-state index contributed by atoms with van der Waals surface area (Å²) in [5.41, 5.74) is 0.792. The lowest BCUT2D eigenvalue weighted by atomic mass is 10.3. The Kier molecular flexibility index (Phi) is 4.80. The van der Waals surface area contributed by atoms with Crippen LogP contribution >= 0.6 is 11.8 Å². The van der Waals surface area contributed by atoms with E-state index in [-0.39, 0.29) is 0 Å². The minimum atomic E-state index is 0.748. The molecule has 0 radical (unpaired) electrons. The molecule has 0 spiro atoms. The van der Waals surface area contributed by atoms with Crippen molar-refractivity contribution in [3.63, 3.8) is 0 Å². The summed E-state index contributed by atoms with van der Waals surface area (Å²) in [6, 6.07) is 7.41. The molecular weight excluding hydrogens is 260 g/mol. The molecule has 2 aromatic rings. The first-order chi connectivity index (χ1) is 9.33. The quantitative estimate of drug-likeness (QED) is 0.783. The van der Waals surface area contributed by atoms with E-state index in [2.05, 4.69) is 9.97 Å². The third kappa shape index (κ3) is 3.72. The van der Waals surface area contributed by atoms with Gasteiger partial charge < -0.3 is 9.47 Å². The van der Waals surface area contributed by atoms with Crippen molar-refractivity contribution in [2.45, 2.75) is 5.03 Å². The highest BCUT2D eigenvalue weighted by molar-refractivity contribution is 8.02. The number of methoxy groups -OCH3 is 2. The summed E-state index contributed by atoms with van der Waals surface area (Å²) in [4.78, 5) is 8.49. The minimum Gasteiger partial charge on any atom is -0.497 e. The van der Waals surface area contributed by atoms with Gasteiger partial charge in [-0.2, -0.15) is 0 Å². The fourth-order valence-electron chi connectivity index (χ4n) is 1.45. The highest BCUT2D eigenvalue weighted by Crippen LogP contribution is 2.23. The van der Waals surface area contributed by atoms with Gasteiger partial charge in [-0.1, -0.05) is 11.8 Å². The fraction of sp³-hybridized carbons (Fsp3) is 0.143.